The van der Waals surface area contributed by atoms with E-state index in [1.807, 2.05) is 0 Å². The van der Waals surface area contributed by atoms with Crippen LogP contribution in [-0.2, 0) is 0 Å². The maximum absolute atomic E-state index is 11.0. The lowest BCUT2D eigenvalue weighted by Gasteiger charge is -2.15. The van der Waals surface area contributed by atoms with Crippen molar-refractivity contribution in [1.82, 2.24) is 0 Å². The fourth-order valence-corrected chi connectivity index (χ4v) is 1.34. The van der Waals surface area contributed by atoms with Crippen molar-refractivity contribution in [2.24, 2.45) is 0 Å². The molecule has 84 valence electrons. The first-order valence-corrected chi connectivity index (χ1v) is 4.90. The van der Waals surface area contributed by atoms with Crippen molar-refractivity contribution in [3.63, 3.8) is 0 Å². The third-order valence-corrected chi connectivity index (χ3v) is 2.32. The number of aliphatic hydroxyl groups excluding tert-OH is 2. The standard InChI is InChI=1S/C12H13NO3/c1-8(14)9-2-4-10(5-3-9)12(16)11(15)6-7-13/h2-5,11-12,15-16H,6H2,1H3. The molecule has 0 heterocycles. The predicted octanol–water partition coefficient (Wildman–Crippen LogP) is 1.20. The molecule has 2 N–H and O–H groups in total. The van der Waals surface area contributed by atoms with Gasteiger partial charge >= 0.3 is 0 Å². The van der Waals surface area contributed by atoms with E-state index in [2.05, 4.69) is 0 Å². The van der Waals surface area contributed by atoms with Crippen LogP contribution in [0.1, 0.15) is 35.4 Å². The predicted molar refractivity (Wildman–Crippen MR) is 57.6 cm³/mol. The number of hydrogen-bond acceptors (Lipinski definition) is 4. The summed E-state index contributed by atoms with van der Waals surface area (Å²) in [6.07, 6.45) is -2.33. The Morgan fingerprint density at radius 2 is 1.94 bits per heavy atom. The number of rotatable bonds is 4. The Balaban J connectivity index is 2.82. The molecule has 0 aliphatic rings. The minimum Gasteiger partial charge on any atom is -0.389 e. The Hall–Kier alpha value is -1.70. The van der Waals surface area contributed by atoms with Crippen LogP contribution in [0, 0.1) is 11.3 Å². The van der Waals surface area contributed by atoms with E-state index in [-0.39, 0.29) is 12.2 Å². The minimum atomic E-state index is -1.10. The molecule has 16 heavy (non-hydrogen) atoms. The van der Waals surface area contributed by atoms with Gasteiger partial charge in [-0.15, -0.1) is 0 Å². The summed E-state index contributed by atoms with van der Waals surface area (Å²) in [5.74, 6) is -0.0568. The largest absolute Gasteiger partial charge is 0.389 e. The van der Waals surface area contributed by atoms with Crippen LogP contribution in [0.15, 0.2) is 24.3 Å². The number of nitriles is 1. The van der Waals surface area contributed by atoms with Crippen LogP contribution in [-0.4, -0.2) is 22.1 Å². The molecular formula is C12H13NO3. The van der Waals surface area contributed by atoms with Crippen LogP contribution in [0.5, 0.6) is 0 Å². The molecule has 0 saturated carbocycles. The molecule has 0 fully saturated rings. The van der Waals surface area contributed by atoms with Gasteiger partial charge in [-0.25, -0.2) is 0 Å². The van der Waals surface area contributed by atoms with E-state index >= 15 is 0 Å². The lowest BCUT2D eigenvalue weighted by molar-refractivity contribution is 0.0216. The molecule has 0 spiro atoms. The quantitative estimate of drug-likeness (QED) is 0.745. The topological polar surface area (TPSA) is 81.3 Å². The fourth-order valence-electron chi connectivity index (χ4n) is 1.34. The molecular weight excluding hydrogens is 206 g/mol. The van der Waals surface area contributed by atoms with Crippen molar-refractivity contribution in [2.45, 2.75) is 25.6 Å². The second kappa shape index (κ2) is 5.40. The first-order chi connectivity index (χ1) is 7.56. The van der Waals surface area contributed by atoms with E-state index in [1.165, 1.54) is 6.92 Å². The highest BCUT2D eigenvalue weighted by molar-refractivity contribution is 5.94. The molecule has 4 nitrogen and oxygen atoms in total. The van der Waals surface area contributed by atoms with Gasteiger partial charge in [-0.05, 0) is 12.5 Å². The van der Waals surface area contributed by atoms with Gasteiger partial charge in [-0.1, -0.05) is 24.3 Å². The van der Waals surface area contributed by atoms with Crippen LogP contribution in [0.2, 0.25) is 0 Å². The molecule has 0 amide bonds. The summed E-state index contributed by atoms with van der Waals surface area (Å²) in [6.45, 7) is 1.45. The van der Waals surface area contributed by atoms with Crippen molar-refractivity contribution in [3.05, 3.63) is 35.4 Å². The summed E-state index contributed by atoms with van der Waals surface area (Å²) < 4.78 is 0. The van der Waals surface area contributed by atoms with Crippen molar-refractivity contribution >= 4 is 5.78 Å². The first-order valence-electron chi connectivity index (χ1n) is 4.90. The highest BCUT2D eigenvalue weighted by atomic mass is 16.3. The number of carbonyl (C=O) groups excluding carboxylic acids is 1. The Kier molecular flexibility index (Phi) is 4.18. The maximum atomic E-state index is 11.0. The van der Waals surface area contributed by atoms with E-state index in [0.717, 1.165) is 0 Å². The molecule has 1 aromatic rings. The summed E-state index contributed by atoms with van der Waals surface area (Å²) in [5.41, 5.74) is 1.04. The van der Waals surface area contributed by atoms with Gasteiger partial charge in [-0.3, -0.25) is 4.79 Å². The van der Waals surface area contributed by atoms with Gasteiger partial charge in [0.25, 0.3) is 0 Å². The fraction of sp³-hybridized carbons (Fsp3) is 0.333. The monoisotopic (exact) mass is 219 g/mol. The highest BCUT2D eigenvalue weighted by Crippen LogP contribution is 2.19. The molecule has 2 unspecified atom stereocenters. The summed E-state index contributed by atoms with van der Waals surface area (Å²) in [6, 6.07) is 8.09. The van der Waals surface area contributed by atoms with E-state index in [0.29, 0.717) is 11.1 Å². The number of Topliss-reactive ketones (excluding diaryl/α,β-unsaturated/α-hetero) is 1. The van der Waals surface area contributed by atoms with E-state index in [9.17, 15) is 15.0 Å². The van der Waals surface area contributed by atoms with Crippen LogP contribution < -0.4 is 0 Å². The van der Waals surface area contributed by atoms with Crippen LogP contribution in [0.4, 0.5) is 0 Å². The second-order valence-corrected chi connectivity index (χ2v) is 3.55. The smallest absolute Gasteiger partial charge is 0.159 e. The van der Waals surface area contributed by atoms with E-state index < -0.39 is 12.2 Å². The lowest BCUT2D eigenvalue weighted by atomic mass is 10.0. The number of aliphatic hydroxyl groups is 2. The minimum absolute atomic E-state index is 0.0568. The summed E-state index contributed by atoms with van der Waals surface area (Å²) in [7, 11) is 0. The highest BCUT2D eigenvalue weighted by Gasteiger charge is 2.17. The molecule has 0 aromatic heterocycles. The van der Waals surface area contributed by atoms with Crippen molar-refractivity contribution in [2.75, 3.05) is 0 Å². The van der Waals surface area contributed by atoms with Crippen LogP contribution in [0.3, 0.4) is 0 Å². The Morgan fingerprint density at radius 1 is 1.38 bits per heavy atom. The number of ketones is 1. The summed E-state index contributed by atoms with van der Waals surface area (Å²) in [4.78, 5) is 11.0. The van der Waals surface area contributed by atoms with Crippen molar-refractivity contribution in [3.8, 4) is 6.07 Å². The third kappa shape index (κ3) is 2.89. The molecule has 1 aromatic carbocycles. The number of nitrogens with zero attached hydrogens (tertiary/aromatic N) is 1. The van der Waals surface area contributed by atoms with Gasteiger partial charge in [0.05, 0.1) is 18.6 Å². The number of benzene rings is 1. The average molecular weight is 219 g/mol. The first kappa shape index (κ1) is 12.4. The zero-order chi connectivity index (χ0) is 12.1. The molecule has 4 heteroatoms. The van der Waals surface area contributed by atoms with Gasteiger partial charge in [-0.2, -0.15) is 5.26 Å². The van der Waals surface area contributed by atoms with E-state index in [1.54, 1.807) is 30.3 Å². The Morgan fingerprint density at radius 3 is 2.38 bits per heavy atom. The molecule has 0 radical (unpaired) electrons. The number of hydrogen-bond donors (Lipinski definition) is 2. The van der Waals surface area contributed by atoms with Crippen molar-refractivity contribution in [1.29, 1.82) is 5.26 Å². The van der Waals surface area contributed by atoms with Gasteiger partial charge in [0, 0.05) is 5.56 Å². The van der Waals surface area contributed by atoms with Crippen LogP contribution in [0.25, 0.3) is 0 Å². The Bertz CT molecular complexity index is 405. The van der Waals surface area contributed by atoms with Gasteiger partial charge in [0.2, 0.25) is 0 Å². The van der Waals surface area contributed by atoms with Crippen LogP contribution >= 0.6 is 0 Å². The molecule has 0 saturated heterocycles. The zero-order valence-corrected chi connectivity index (χ0v) is 8.92. The lowest BCUT2D eigenvalue weighted by Crippen LogP contribution is -2.17. The molecule has 0 aliphatic heterocycles. The van der Waals surface area contributed by atoms with Crippen molar-refractivity contribution < 1.29 is 15.0 Å². The molecule has 0 bridgehead atoms. The SMILES string of the molecule is CC(=O)c1ccc(C(O)C(O)CC#N)cc1. The zero-order valence-electron chi connectivity index (χ0n) is 8.92. The van der Waals surface area contributed by atoms with Gasteiger partial charge in [0.15, 0.2) is 5.78 Å². The van der Waals surface area contributed by atoms with E-state index in [4.69, 9.17) is 5.26 Å². The summed E-state index contributed by atoms with van der Waals surface area (Å²) in [5, 5.41) is 27.5. The normalized spacial score (nSPS) is 13.9. The number of carbonyl (C=O) groups is 1. The molecule has 1 rings (SSSR count). The third-order valence-electron chi connectivity index (χ3n) is 2.32. The summed E-state index contributed by atoms with van der Waals surface area (Å²) >= 11 is 0. The second-order valence-electron chi connectivity index (χ2n) is 3.55. The Labute approximate surface area is 93.8 Å². The van der Waals surface area contributed by atoms with Gasteiger partial charge in [0.1, 0.15) is 6.10 Å². The molecule has 0 aliphatic carbocycles. The molecule has 2 atom stereocenters. The maximum Gasteiger partial charge on any atom is 0.159 e. The average Bonchev–Trinajstić information content (AvgIpc) is 2.28. The van der Waals surface area contributed by atoms with Gasteiger partial charge < -0.3 is 10.2 Å².